The van der Waals surface area contributed by atoms with Crippen molar-refractivity contribution in [3.05, 3.63) is 29.8 Å². The van der Waals surface area contributed by atoms with Gasteiger partial charge in [0.2, 0.25) is 0 Å². The van der Waals surface area contributed by atoms with Crippen LogP contribution in [-0.2, 0) is 6.54 Å². The summed E-state index contributed by atoms with van der Waals surface area (Å²) in [6.07, 6.45) is 1.20. The molecule has 0 fully saturated rings. The summed E-state index contributed by atoms with van der Waals surface area (Å²) in [6.45, 7) is 9.25. The second kappa shape index (κ2) is 8.98. The van der Waals surface area contributed by atoms with Gasteiger partial charge in [-0.25, -0.2) is 0 Å². The van der Waals surface area contributed by atoms with Crippen LogP contribution in [0.15, 0.2) is 24.3 Å². The third kappa shape index (κ3) is 6.92. The molecule has 0 aliphatic rings. The van der Waals surface area contributed by atoms with Gasteiger partial charge in [0.05, 0.1) is 6.61 Å². The highest BCUT2D eigenvalue weighted by atomic mass is 16.5. The van der Waals surface area contributed by atoms with Crippen molar-refractivity contribution in [2.75, 3.05) is 27.2 Å². The molecule has 1 atom stereocenters. The van der Waals surface area contributed by atoms with E-state index < -0.39 is 0 Å². The van der Waals surface area contributed by atoms with E-state index in [9.17, 15) is 0 Å². The summed E-state index contributed by atoms with van der Waals surface area (Å²) in [5, 5.41) is 3.67. The van der Waals surface area contributed by atoms with Gasteiger partial charge in [0.15, 0.2) is 0 Å². The summed E-state index contributed by atoms with van der Waals surface area (Å²) in [5.41, 5.74) is 1.28. The van der Waals surface area contributed by atoms with Crippen molar-refractivity contribution < 1.29 is 4.74 Å². The Labute approximate surface area is 124 Å². The number of nitrogens with one attached hydrogen (secondary N) is 1. The number of hydrogen-bond donors (Lipinski definition) is 1. The third-order valence-corrected chi connectivity index (χ3v) is 3.15. The molecule has 1 unspecified atom stereocenters. The second-order valence-electron chi connectivity index (χ2n) is 6.05. The van der Waals surface area contributed by atoms with Gasteiger partial charge in [-0.05, 0) is 51.1 Å². The first kappa shape index (κ1) is 17.0. The summed E-state index contributed by atoms with van der Waals surface area (Å²) in [7, 11) is 4.26. The van der Waals surface area contributed by atoms with E-state index >= 15 is 0 Å². The van der Waals surface area contributed by atoms with Gasteiger partial charge in [-0.1, -0.05) is 26.0 Å². The zero-order valence-electron chi connectivity index (χ0n) is 13.6. The molecule has 1 aromatic rings. The van der Waals surface area contributed by atoms with Gasteiger partial charge in [-0.2, -0.15) is 0 Å². The number of ether oxygens (including phenoxy) is 1. The molecule has 0 radical (unpaired) electrons. The number of hydrogen-bond acceptors (Lipinski definition) is 3. The van der Waals surface area contributed by atoms with Gasteiger partial charge in [-0.15, -0.1) is 0 Å². The average molecular weight is 278 g/mol. The summed E-state index contributed by atoms with van der Waals surface area (Å²) in [6, 6.07) is 8.88. The monoisotopic (exact) mass is 278 g/mol. The van der Waals surface area contributed by atoms with E-state index in [0.717, 1.165) is 18.8 Å². The molecule has 1 N–H and O–H groups in total. The maximum absolute atomic E-state index is 5.55. The van der Waals surface area contributed by atoms with Crippen LogP contribution in [0.5, 0.6) is 5.75 Å². The Morgan fingerprint density at radius 1 is 1.25 bits per heavy atom. The van der Waals surface area contributed by atoms with Crippen molar-refractivity contribution >= 4 is 0 Å². The molecule has 0 aliphatic carbocycles. The van der Waals surface area contributed by atoms with E-state index in [1.807, 2.05) is 13.0 Å². The molecule has 0 saturated carbocycles. The Hall–Kier alpha value is -1.06. The zero-order chi connectivity index (χ0) is 15.0. The lowest BCUT2D eigenvalue weighted by atomic mass is 10.0. The molecule has 1 aromatic carbocycles. The fraction of sp³-hybridized carbons (Fsp3) is 0.647. The number of benzene rings is 1. The van der Waals surface area contributed by atoms with Crippen molar-refractivity contribution in [1.29, 1.82) is 0 Å². The highest BCUT2D eigenvalue weighted by Gasteiger charge is 2.11. The molecule has 0 heterocycles. The van der Waals surface area contributed by atoms with Gasteiger partial charge in [0, 0.05) is 19.1 Å². The maximum atomic E-state index is 5.55. The highest BCUT2D eigenvalue weighted by molar-refractivity contribution is 5.28. The van der Waals surface area contributed by atoms with Crippen molar-refractivity contribution in [3.8, 4) is 5.75 Å². The van der Waals surface area contributed by atoms with Gasteiger partial charge in [-0.3, -0.25) is 0 Å². The Morgan fingerprint density at radius 2 is 2.00 bits per heavy atom. The molecule has 0 saturated heterocycles. The van der Waals surface area contributed by atoms with E-state index in [2.05, 4.69) is 56.4 Å². The lowest BCUT2D eigenvalue weighted by Gasteiger charge is -2.24. The Balaban J connectivity index is 2.54. The second-order valence-corrected chi connectivity index (χ2v) is 6.05. The van der Waals surface area contributed by atoms with E-state index in [-0.39, 0.29) is 0 Å². The molecule has 114 valence electrons. The largest absolute Gasteiger partial charge is 0.494 e. The topological polar surface area (TPSA) is 24.5 Å². The van der Waals surface area contributed by atoms with Crippen LogP contribution >= 0.6 is 0 Å². The number of rotatable bonds is 9. The average Bonchev–Trinajstić information content (AvgIpc) is 2.35. The van der Waals surface area contributed by atoms with Crippen LogP contribution in [0.3, 0.4) is 0 Å². The Morgan fingerprint density at radius 3 is 2.60 bits per heavy atom. The summed E-state index contributed by atoms with van der Waals surface area (Å²) in [4.78, 5) is 2.25. The molecule has 0 spiro atoms. The molecule has 1 rings (SSSR count). The quantitative estimate of drug-likeness (QED) is 0.751. The minimum Gasteiger partial charge on any atom is -0.494 e. The van der Waals surface area contributed by atoms with Gasteiger partial charge < -0.3 is 15.0 Å². The smallest absolute Gasteiger partial charge is 0.119 e. The summed E-state index contributed by atoms with van der Waals surface area (Å²) >= 11 is 0. The van der Waals surface area contributed by atoms with E-state index in [1.54, 1.807) is 0 Å². The van der Waals surface area contributed by atoms with E-state index in [0.29, 0.717) is 18.6 Å². The van der Waals surface area contributed by atoms with Gasteiger partial charge in [0.1, 0.15) is 5.75 Å². The van der Waals surface area contributed by atoms with Crippen molar-refractivity contribution in [2.45, 2.75) is 39.8 Å². The minimum absolute atomic E-state index is 0.528. The Kier molecular flexibility index (Phi) is 7.63. The fourth-order valence-corrected chi connectivity index (χ4v) is 2.41. The van der Waals surface area contributed by atoms with E-state index in [4.69, 9.17) is 4.74 Å². The normalized spacial score (nSPS) is 12.9. The predicted molar refractivity (Wildman–Crippen MR) is 86.2 cm³/mol. The Bertz CT molecular complexity index is 367. The first-order valence-electron chi connectivity index (χ1n) is 7.61. The number of nitrogens with zero attached hydrogens (tertiary/aromatic N) is 1. The molecule has 20 heavy (non-hydrogen) atoms. The number of likely N-dealkylation sites (N-methyl/N-ethyl adjacent to an activating group) is 1. The molecule has 0 amide bonds. The molecular formula is C17H30N2O. The SMILES string of the molecule is CCOc1cccc(CNC(CC(C)C)CN(C)C)c1. The molecule has 0 aliphatic heterocycles. The molecule has 3 nitrogen and oxygen atoms in total. The third-order valence-electron chi connectivity index (χ3n) is 3.15. The van der Waals surface area contributed by atoms with E-state index in [1.165, 1.54) is 12.0 Å². The molecular weight excluding hydrogens is 248 g/mol. The van der Waals surface area contributed by atoms with Crippen LogP contribution in [0.2, 0.25) is 0 Å². The van der Waals surface area contributed by atoms with Crippen LogP contribution in [0.4, 0.5) is 0 Å². The van der Waals surface area contributed by atoms with Crippen LogP contribution < -0.4 is 10.1 Å². The molecule has 3 heteroatoms. The molecule has 0 bridgehead atoms. The maximum Gasteiger partial charge on any atom is 0.119 e. The summed E-state index contributed by atoms with van der Waals surface area (Å²) in [5.74, 6) is 1.67. The minimum atomic E-state index is 0.528. The first-order valence-corrected chi connectivity index (χ1v) is 7.61. The predicted octanol–water partition coefficient (Wildman–Crippen LogP) is 3.15. The fourth-order valence-electron chi connectivity index (χ4n) is 2.41. The molecule has 0 aromatic heterocycles. The van der Waals surface area contributed by atoms with Crippen LogP contribution in [0.1, 0.15) is 32.8 Å². The first-order chi connectivity index (χ1) is 9.51. The zero-order valence-corrected chi connectivity index (χ0v) is 13.6. The van der Waals surface area contributed by atoms with Crippen LogP contribution in [0, 0.1) is 5.92 Å². The van der Waals surface area contributed by atoms with Crippen molar-refractivity contribution in [2.24, 2.45) is 5.92 Å². The lowest BCUT2D eigenvalue weighted by Crippen LogP contribution is -2.38. The van der Waals surface area contributed by atoms with Crippen LogP contribution in [0.25, 0.3) is 0 Å². The van der Waals surface area contributed by atoms with Crippen LogP contribution in [-0.4, -0.2) is 38.2 Å². The lowest BCUT2D eigenvalue weighted by molar-refractivity contribution is 0.304. The summed E-state index contributed by atoms with van der Waals surface area (Å²) < 4.78 is 5.55. The standard InChI is InChI=1S/C17H30N2O/c1-6-20-17-9-7-8-15(11-17)12-18-16(10-14(2)3)13-19(4)5/h7-9,11,14,16,18H,6,10,12-13H2,1-5H3. The van der Waals surface area contributed by atoms with Crippen molar-refractivity contribution in [3.63, 3.8) is 0 Å². The van der Waals surface area contributed by atoms with Gasteiger partial charge >= 0.3 is 0 Å². The van der Waals surface area contributed by atoms with Crippen molar-refractivity contribution in [1.82, 2.24) is 10.2 Å². The highest BCUT2D eigenvalue weighted by Crippen LogP contribution is 2.14. The van der Waals surface area contributed by atoms with Gasteiger partial charge in [0.25, 0.3) is 0 Å².